The first-order valence-corrected chi connectivity index (χ1v) is 8.72. The van der Waals surface area contributed by atoms with Gasteiger partial charge in [0.05, 0.1) is 4.90 Å². The normalized spacial score (nSPS) is 22.4. The van der Waals surface area contributed by atoms with Gasteiger partial charge in [-0.15, -0.1) is 0 Å². The molecule has 0 saturated heterocycles. The molecule has 1 aromatic carbocycles. The highest BCUT2D eigenvalue weighted by atomic mass is 32.2. The second kappa shape index (κ2) is 7.08. The molecule has 0 radical (unpaired) electrons. The summed E-state index contributed by atoms with van der Waals surface area (Å²) < 4.78 is 27.9. The number of aliphatic hydroxyl groups is 1. The lowest BCUT2D eigenvalue weighted by Crippen LogP contribution is -2.38. The van der Waals surface area contributed by atoms with Crippen molar-refractivity contribution in [3.63, 3.8) is 0 Å². The smallest absolute Gasteiger partial charge is 0.242 e. The van der Waals surface area contributed by atoms with Gasteiger partial charge in [0.1, 0.15) is 6.61 Å². The van der Waals surface area contributed by atoms with E-state index >= 15 is 0 Å². The topological polar surface area (TPSA) is 66.4 Å². The van der Waals surface area contributed by atoms with E-state index in [0.717, 1.165) is 25.7 Å². The SMILES string of the molecule is CC1CCCC(NS(=O)(=O)c2ccccc2C#CCO)C1. The Morgan fingerprint density at radius 1 is 1.33 bits per heavy atom. The van der Waals surface area contributed by atoms with Crippen LogP contribution in [0, 0.1) is 17.8 Å². The predicted molar refractivity (Wildman–Crippen MR) is 82.1 cm³/mol. The van der Waals surface area contributed by atoms with E-state index in [2.05, 4.69) is 23.5 Å². The van der Waals surface area contributed by atoms with E-state index in [-0.39, 0.29) is 17.5 Å². The number of hydrogen-bond donors (Lipinski definition) is 2. The number of benzene rings is 1. The number of sulfonamides is 1. The molecule has 0 spiro atoms. The molecule has 2 N–H and O–H groups in total. The average molecular weight is 307 g/mol. The van der Waals surface area contributed by atoms with Crippen LogP contribution in [-0.2, 0) is 10.0 Å². The molecule has 0 heterocycles. The Balaban J connectivity index is 2.23. The van der Waals surface area contributed by atoms with Crippen molar-refractivity contribution in [2.45, 2.75) is 43.5 Å². The van der Waals surface area contributed by atoms with Gasteiger partial charge in [0.15, 0.2) is 0 Å². The molecule has 5 heteroatoms. The molecule has 1 fully saturated rings. The molecule has 2 unspecified atom stereocenters. The van der Waals surface area contributed by atoms with Crippen molar-refractivity contribution in [3.05, 3.63) is 29.8 Å². The molecule has 4 nitrogen and oxygen atoms in total. The monoisotopic (exact) mass is 307 g/mol. The van der Waals surface area contributed by atoms with Crippen LogP contribution in [0.5, 0.6) is 0 Å². The summed E-state index contributed by atoms with van der Waals surface area (Å²) in [7, 11) is -3.58. The van der Waals surface area contributed by atoms with Gasteiger partial charge < -0.3 is 5.11 Å². The summed E-state index contributed by atoms with van der Waals surface area (Å²) >= 11 is 0. The van der Waals surface area contributed by atoms with Crippen molar-refractivity contribution in [1.82, 2.24) is 4.72 Å². The molecule has 2 atom stereocenters. The first-order valence-electron chi connectivity index (χ1n) is 7.24. The van der Waals surface area contributed by atoms with Gasteiger partial charge in [0.25, 0.3) is 0 Å². The van der Waals surface area contributed by atoms with Crippen LogP contribution >= 0.6 is 0 Å². The van der Waals surface area contributed by atoms with Gasteiger partial charge in [-0.1, -0.05) is 43.7 Å². The van der Waals surface area contributed by atoms with Crippen molar-refractivity contribution < 1.29 is 13.5 Å². The molecule has 1 aliphatic rings. The van der Waals surface area contributed by atoms with Gasteiger partial charge >= 0.3 is 0 Å². The molecular weight excluding hydrogens is 286 g/mol. The maximum Gasteiger partial charge on any atom is 0.242 e. The molecule has 1 aliphatic carbocycles. The molecule has 0 aliphatic heterocycles. The summed E-state index contributed by atoms with van der Waals surface area (Å²) in [6, 6.07) is 6.62. The van der Waals surface area contributed by atoms with Crippen LogP contribution in [0.15, 0.2) is 29.2 Å². The Morgan fingerprint density at radius 2 is 2.10 bits per heavy atom. The predicted octanol–water partition coefficient (Wildman–Crippen LogP) is 1.89. The first-order chi connectivity index (χ1) is 10.0. The summed E-state index contributed by atoms with van der Waals surface area (Å²) in [6.45, 7) is 1.86. The van der Waals surface area contributed by atoms with Crippen LogP contribution in [-0.4, -0.2) is 26.2 Å². The van der Waals surface area contributed by atoms with Gasteiger partial charge in [-0.3, -0.25) is 0 Å². The zero-order valence-electron chi connectivity index (χ0n) is 12.2. The number of hydrogen-bond acceptors (Lipinski definition) is 3. The van der Waals surface area contributed by atoms with E-state index in [1.54, 1.807) is 24.3 Å². The molecule has 0 aromatic heterocycles. The Hall–Kier alpha value is -1.35. The summed E-state index contributed by atoms with van der Waals surface area (Å²) in [5, 5.41) is 8.77. The maximum atomic E-state index is 12.5. The minimum atomic E-state index is -3.58. The van der Waals surface area contributed by atoms with Crippen LogP contribution in [0.25, 0.3) is 0 Å². The third kappa shape index (κ3) is 4.31. The second-order valence-electron chi connectivity index (χ2n) is 5.55. The van der Waals surface area contributed by atoms with E-state index in [9.17, 15) is 8.42 Å². The lowest BCUT2D eigenvalue weighted by Gasteiger charge is -2.27. The van der Waals surface area contributed by atoms with Crippen LogP contribution in [0.2, 0.25) is 0 Å². The summed E-state index contributed by atoms with van der Waals surface area (Å²) in [6.07, 6.45) is 3.98. The highest BCUT2D eigenvalue weighted by Gasteiger charge is 2.25. The van der Waals surface area contributed by atoms with Gasteiger partial charge in [-0.25, -0.2) is 13.1 Å². The minimum Gasteiger partial charge on any atom is -0.384 e. The Bertz CT molecular complexity index is 643. The minimum absolute atomic E-state index is 0.00222. The summed E-state index contributed by atoms with van der Waals surface area (Å²) in [5.41, 5.74) is 0.419. The van der Waals surface area contributed by atoms with Crippen molar-refractivity contribution in [2.24, 2.45) is 5.92 Å². The Labute approximate surface area is 126 Å². The molecule has 1 saturated carbocycles. The van der Waals surface area contributed by atoms with Gasteiger partial charge in [-0.2, -0.15) is 0 Å². The second-order valence-corrected chi connectivity index (χ2v) is 7.23. The lowest BCUT2D eigenvalue weighted by molar-refractivity contribution is 0.327. The van der Waals surface area contributed by atoms with E-state index in [4.69, 9.17) is 5.11 Å². The Kier molecular flexibility index (Phi) is 5.40. The van der Waals surface area contributed by atoms with Gasteiger partial charge in [0, 0.05) is 11.6 Å². The summed E-state index contributed by atoms with van der Waals surface area (Å²) in [5.74, 6) is 5.75. The largest absolute Gasteiger partial charge is 0.384 e. The zero-order valence-corrected chi connectivity index (χ0v) is 13.0. The first kappa shape index (κ1) is 16.0. The standard InChI is InChI=1S/C16H21NO3S/c1-13-6-4-9-15(12-13)17-21(19,20)16-10-3-2-7-14(16)8-5-11-18/h2-3,7,10,13,15,17-18H,4,6,9,11-12H2,1H3. The fourth-order valence-electron chi connectivity index (χ4n) is 2.76. The highest BCUT2D eigenvalue weighted by Crippen LogP contribution is 2.25. The third-order valence-corrected chi connectivity index (χ3v) is 5.32. The maximum absolute atomic E-state index is 12.5. The fourth-order valence-corrected chi connectivity index (χ4v) is 4.21. The number of nitrogens with one attached hydrogen (secondary N) is 1. The molecule has 2 rings (SSSR count). The average Bonchev–Trinajstić information content (AvgIpc) is 2.45. The van der Waals surface area contributed by atoms with Crippen molar-refractivity contribution in [2.75, 3.05) is 6.61 Å². The third-order valence-electron chi connectivity index (χ3n) is 3.74. The molecular formula is C16H21NO3S. The van der Waals surface area contributed by atoms with Gasteiger partial charge in [0.2, 0.25) is 10.0 Å². The Morgan fingerprint density at radius 3 is 2.81 bits per heavy atom. The zero-order chi connectivity index (χ0) is 15.3. The lowest BCUT2D eigenvalue weighted by atomic mass is 9.88. The van der Waals surface area contributed by atoms with Crippen LogP contribution in [0.1, 0.15) is 38.2 Å². The summed E-state index contributed by atoms with van der Waals surface area (Å²) in [4.78, 5) is 0.184. The molecule has 114 valence electrons. The van der Waals surface area contributed by atoms with E-state index < -0.39 is 10.0 Å². The van der Waals surface area contributed by atoms with Crippen LogP contribution < -0.4 is 4.72 Å². The number of rotatable bonds is 3. The van der Waals surface area contributed by atoms with Gasteiger partial charge in [-0.05, 0) is 30.9 Å². The van der Waals surface area contributed by atoms with Crippen molar-refractivity contribution >= 4 is 10.0 Å². The highest BCUT2D eigenvalue weighted by molar-refractivity contribution is 7.89. The van der Waals surface area contributed by atoms with E-state index in [1.165, 1.54) is 0 Å². The molecule has 0 bridgehead atoms. The van der Waals surface area contributed by atoms with E-state index in [0.29, 0.717) is 11.5 Å². The molecule has 0 amide bonds. The molecule has 21 heavy (non-hydrogen) atoms. The fraction of sp³-hybridized carbons (Fsp3) is 0.500. The van der Waals surface area contributed by atoms with Crippen LogP contribution in [0.3, 0.4) is 0 Å². The molecule has 1 aromatic rings. The van der Waals surface area contributed by atoms with Crippen LogP contribution in [0.4, 0.5) is 0 Å². The van der Waals surface area contributed by atoms with Crippen molar-refractivity contribution in [3.8, 4) is 11.8 Å². The quantitative estimate of drug-likeness (QED) is 0.838. The van der Waals surface area contributed by atoms with Crippen molar-refractivity contribution in [1.29, 1.82) is 0 Å². The van der Waals surface area contributed by atoms with E-state index in [1.807, 2.05) is 0 Å². The number of aliphatic hydroxyl groups excluding tert-OH is 1.